The summed E-state index contributed by atoms with van der Waals surface area (Å²) in [5.74, 6) is 0. The highest BCUT2D eigenvalue weighted by atomic mass is 16.3. The molecule has 3 nitrogen and oxygen atoms in total. The summed E-state index contributed by atoms with van der Waals surface area (Å²) >= 11 is 0. The van der Waals surface area contributed by atoms with E-state index in [0.717, 1.165) is 44.7 Å². The average Bonchev–Trinajstić information content (AvgIpc) is 3.81. The minimum atomic E-state index is -0.514. The first-order valence-electron chi connectivity index (χ1n) is 19.9. The number of fused-ring (bicyclic) bond motifs is 12. The van der Waals surface area contributed by atoms with Crippen LogP contribution < -0.4 is 9.80 Å². The minimum Gasteiger partial charge on any atom is -0.456 e. The summed E-state index contributed by atoms with van der Waals surface area (Å²) in [6, 6.07) is 79.3. The van der Waals surface area contributed by atoms with Crippen molar-refractivity contribution in [3.8, 4) is 22.3 Å². The van der Waals surface area contributed by atoms with Crippen LogP contribution in [0.5, 0.6) is 0 Å². The number of para-hydroxylation sites is 4. The highest BCUT2D eigenvalue weighted by Gasteiger charge is 2.51. The van der Waals surface area contributed by atoms with Gasteiger partial charge in [-0.05, 0) is 117 Å². The maximum Gasteiger partial charge on any atom is 0.135 e. The number of anilines is 6. The third-order valence-electron chi connectivity index (χ3n) is 12.3. The zero-order chi connectivity index (χ0) is 38.2. The summed E-state index contributed by atoms with van der Waals surface area (Å²) in [4.78, 5) is 4.82. The second-order valence-corrected chi connectivity index (χ2v) is 15.3. The van der Waals surface area contributed by atoms with Crippen molar-refractivity contribution in [3.63, 3.8) is 0 Å². The van der Waals surface area contributed by atoms with Gasteiger partial charge in [-0.1, -0.05) is 146 Å². The second-order valence-electron chi connectivity index (χ2n) is 15.3. The number of furan rings is 1. The van der Waals surface area contributed by atoms with E-state index >= 15 is 0 Å². The van der Waals surface area contributed by atoms with Gasteiger partial charge in [0, 0.05) is 33.5 Å². The van der Waals surface area contributed by atoms with E-state index in [1.807, 2.05) is 12.1 Å². The summed E-state index contributed by atoms with van der Waals surface area (Å²) in [6.45, 7) is 0. The van der Waals surface area contributed by atoms with Crippen molar-refractivity contribution in [3.05, 3.63) is 241 Å². The molecular weight excluding hydrogens is 705 g/mol. The van der Waals surface area contributed by atoms with Gasteiger partial charge in [-0.15, -0.1) is 0 Å². The highest BCUT2D eigenvalue weighted by molar-refractivity contribution is 6.07. The molecule has 0 fully saturated rings. The fraction of sp³-hybridized carbons (Fsp3) is 0.0182. The van der Waals surface area contributed by atoms with Crippen LogP contribution in [0.4, 0.5) is 34.1 Å². The first kappa shape index (κ1) is 32.6. The maximum absolute atomic E-state index is 6.30. The fourth-order valence-electron chi connectivity index (χ4n) is 9.83. The van der Waals surface area contributed by atoms with Gasteiger partial charge in [-0.3, -0.25) is 0 Å². The number of nitrogens with zero attached hydrogens (tertiary/aromatic N) is 2. The van der Waals surface area contributed by atoms with Gasteiger partial charge in [-0.2, -0.15) is 0 Å². The Bertz CT molecular complexity index is 3140. The van der Waals surface area contributed by atoms with E-state index in [4.69, 9.17) is 4.42 Å². The predicted molar refractivity (Wildman–Crippen MR) is 239 cm³/mol. The van der Waals surface area contributed by atoms with Crippen molar-refractivity contribution >= 4 is 56.1 Å². The SMILES string of the molecule is c1ccc(-c2ccc(N(c3ccc4c(c3)-c3ccccc3C43c4ccccc4N(c4ccccc4)c4ccccc43)c3ccc4oc5ccccc5c4c3)cc2)cc1. The molecule has 272 valence electrons. The third-order valence-corrected chi connectivity index (χ3v) is 12.3. The number of hydrogen-bond acceptors (Lipinski definition) is 3. The largest absolute Gasteiger partial charge is 0.456 e. The molecule has 0 saturated heterocycles. The van der Waals surface area contributed by atoms with Crippen molar-refractivity contribution in [2.45, 2.75) is 5.41 Å². The van der Waals surface area contributed by atoms with Crippen LogP contribution in [-0.4, -0.2) is 0 Å². The molecule has 3 heteroatoms. The molecule has 0 amide bonds. The first-order chi connectivity index (χ1) is 28.8. The summed E-state index contributed by atoms with van der Waals surface area (Å²) in [5.41, 5.74) is 18.1. The van der Waals surface area contributed by atoms with Gasteiger partial charge in [0.15, 0.2) is 0 Å². The van der Waals surface area contributed by atoms with Crippen LogP contribution in [0.2, 0.25) is 0 Å². The van der Waals surface area contributed by atoms with E-state index in [2.05, 4.69) is 216 Å². The molecule has 1 spiro atoms. The monoisotopic (exact) mass is 740 g/mol. The van der Waals surface area contributed by atoms with E-state index in [0.29, 0.717) is 0 Å². The summed E-state index contributed by atoms with van der Waals surface area (Å²) < 4.78 is 6.30. The molecule has 0 saturated carbocycles. The third kappa shape index (κ3) is 4.68. The van der Waals surface area contributed by atoms with Crippen molar-refractivity contribution in [2.75, 3.05) is 9.80 Å². The molecular formula is C55H36N2O. The quantitative estimate of drug-likeness (QED) is 0.175. The predicted octanol–water partition coefficient (Wildman–Crippen LogP) is 14.9. The van der Waals surface area contributed by atoms with Gasteiger partial charge < -0.3 is 14.2 Å². The van der Waals surface area contributed by atoms with Gasteiger partial charge in [0.1, 0.15) is 11.2 Å². The standard InChI is InChI=1S/C55H36N2O/c1-3-15-37(16-4-1)38-27-29-40(30-28-38)56(42-32-34-54-46(36-42)44-20-8-14-26-53(44)58-54)41-31-33-48-45(35-41)43-19-7-9-21-47(43)55(48)49-22-10-12-24-51(49)57(39-17-5-2-6-18-39)52-25-13-11-23-50(52)55/h1-36H. The summed E-state index contributed by atoms with van der Waals surface area (Å²) in [5, 5.41) is 2.21. The Balaban J connectivity index is 1.09. The Kier molecular flexibility index (Phi) is 7.14. The molecule has 58 heavy (non-hydrogen) atoms. The Morgan fingerprint density at radius 2 is 0.897 bits per heavy atom. The van der Waals surface area contributed by atoms with Crippen LogP contribution in [0.1, 0.15) is 22.3 Å². The topological polar surface area (TPSA) is 19.6 Å². The average molecular weight is 741 g/mol. The molecule has 12 rings (SSSR count). The summed E-state index contributed by atoms with van der Waals surface area (Å²) in [6.07, 6.45) is 0. The number of hydrogen-bond donors (Lipinski definition) is 0. The second kappa shape index (κ2) is 12.7. The fourth-order valence-corrected chi connectivity index (χ4v) is 9.83. The number of rotatable bonds is 5. The Morgan fingerprint density at radius 3 is 1.66 bits per heavy atom. The van der Waals surface area contributed by atoms with Crippen LogP contribution in [0.15, 0.2) is 223 Å². The molecule has 0 bridgehead atoms. The Morgan fingerprint density at radius 1 is 0.362 bits per heavy atom. The zero-order valence-corrected chi connectivity index (χ0v) is 31.6. The van der Waals surface area contributed by atoms with Gasteiger partial charge in [-0.25, -0.2) is 0 Å². The van der Waals surface area contributed by atoms with Crippen LogP contribution in [-0.2, 0) is 5.41 Å². The van der Waals surface area contributed by atoms with Crippen molar-refractivity contribution in [1.29, 1.82) is 0 Å². The van der Waals surface area contributed by atoms with Crippen LogP contribution >= 0.6 is 0 Å². The molecule has 0 radical (unpaired) electrons. The lowest BCUT2D eigenvalue weighted by Gasteiger charge is -2.45. The molecule has 2 heterocycles. The lowest BCUT2D eigenvalue weighted by Crippen LogP contribution is -2.36. The van der Waals surface area contributed by atoms with Crippen LogP contribution in [0.3, 0.4) is 0 Å². The van der Waals surface area contributed by atoms with E-state index < -0.39 is 5.41 Å². The number of benzene rings is 9. The van der Waals surface area contributed by atoms with E-state index in [9.17, 15) is 0 Å². The first-order valence-corrected chi connectivity index (χ1v) is 19.9. The zero-order valence-electron chi connectivity index (χ0n) is 31.6. The van der Waals surface area contributed by atoms with Crippen molar-refractivity contribution < 1.29 is 4.42 Å². The van der Waals surface area contributed by atoms with Gasteiger partial charge in [0.25, 0.3) is 0 Å². The van der Waals surface area contributed by atoms with E-state index in [-0.39, 0.29) is 0 Å². The van der Waals surface area contributed by atoms with Gasteiger partial charge >= 0.3 is 0 Å². The van der Waals surface area contributed by atoms with Gasteiger partial charge in [0.05, 0.1) is 16.8 Å². The molecule has 1 aliphatic carbocycles. The van der Waals surface area contributed by atoms with Crippen LogP contribution in [0, 0.1) is 0 Å². The van der Waals surface area contributed by atoms with Crippen LogP contribution in [0.25, 0.3) is 44.2 Å². The molecule has 0 N–H and O–H groups in total. The molecule has 0 unspecified atom stereocenters. The molecule has 2 aliphatic rings. The summed E-state index contributed by atoms with van der Waals surface area (Å²) in [7, 11) is 0. The molecule has 1 aromatic heterocycles. The lowest BCUT2D eigenvalue weighted by atomic mass is 9.64. The molecule has 10 aromatic rings. The van der Waals surface area contributed by atoms with Crippen molar-refractivity contribution in [2.24, 2.45) is 0 Å². The Hall–Kier alpha value is -7.62. The maximum atomic E-state index is 6.30. The molecule has 0 atom stereocenters. The highest BCUT2D eigenvalue weighted by Crippen LogP contribution is 2.63. The molecule has 9 aromatic carbocycles. The smallest absolute Gasteiger partial charge is 0.135 e. The molecule has 1 aliphatic heterocycles. The van der Waals surface area contributed by atoms with E-state index in [1.165, 1.54) is 55.9 Å². The Labute approximate surface area is 337 Å². The van der Waals surface area contributed by atoms with E-state index in [1.54, 1.807) is 0 Å². The minimum absolute atomic E-state index is 0.514. The van der Waals surface area contributed by atoms with Gasteiger partial charge in [0.2, 0.25) is 0 Å². The van der Waals surface area contributed by atoms with Crippen molar-refractivity contribution in [1.82, 2.24) is 0 Å². The normalized spacial score (nSPS) is 13.3. The lowest BCUT2D eigenvalue weighted by molar-refractivity contribution is 0.669.